The molecule has 2 aliphatic rings. The van der Waals surface area contributed by atoms with Gasteiger partial charge in [0, 0.05) is 31.8 Å². The molecular weight excluding hydrogens is 212 g/mol. The van der Waals surface area contributed by atoms with Crippen molar-refractivity contribution in [3.8, 4) is 0 Å². The maximum Gasteiger partial charge on any atom is 0.0726 e. The van der Waals surface area contributed by atoms with Gasteiger partial charge in [-0.25, -0.2) is 0 Å². The van der Waals surface area contributed by atoms with Gasteiger partial charge >= 0.3 is 0 Å². The summed E-state index contributed by atoms with van der Waals surface area (Å²) in [5.41, 5.74) is 0. The minimum Gasteiger partial charge on any atom is -0.380 e. The molecule has 0 amide bonds. The van der Waals surface area contributed by atoms with Gasteiger partial charge in [0.25, 0.3) is 0 Å². The van der Waals surface area contributed by atoms with Gasteiger partial charge in [0.1, 0.15) is 0 Å². The monoisotopic (exact) mass is 240 g/mol. The second kappa shape index (κ2) is 6.17. The number of ether oxygens (including phenoxy) is 1. The lowest BCUT2D eigenvalue weighted by Crippen LogP contribution is -2.53. The Morgan fingerprint density at radius 3 is 2.76 bits per heavy atom. The number of nitrogens with zero attached hydrogens (tertiary/aromatic N) is 1. The van der Waals surface area contributed by atoms with Crippen molar-refractivity contribution in [2.24, 2.45) is 0 Å². The zero-order chi connectivity index (χ0) is 12.3. The van der Waals surface area contributed by atoms with E-state index in [2.05, 4.69) is 24.1 Å². The Kier molecular flexibility index (Phi) is 4.83. The molecule has 1 aliphatic carbocycles. The number of nitrogens with one attached hydrogen (secondary N) is 1. The molecule has 3 heteroatoms. The third-order valence-corrected chi connectivity index (χ3v) is 4.57. The van der Waals surface area contributed by atoms with Crippen molar-refractivity contribution >= 4 is 0 Å². The summed E-state index contributed by atoms with van der Waals surface area (Å²) in [6.45, 7) is 6.92. The number of methoxy groups -OCH3 is 1. The van der Waals surface area contributed by atoms with Crippen LogP contribution in [0.1, 0.15) is 46.0 Å². The molecule has 0 aromatic rings. The molecule has 0 aromatic carbocycles. The van der Waals surface area contributed by atoms with Crippen LogP contribution < -0.4 is 5.32 Å². The zero-order valence-electron chi connectivity index (χ0n) is 11.6. The third kappa shape index (κ3) is 3.01. The minimum atomic E-state index is 0.480. The molecular formula is C14H28N2O. The van der Waals surface area contributed by atoms with Gasteiger partial charge in [0.2, 0.25) is 0 Å². The first-order valence-corrected chi connectivity index (χ1v) is 7.28. The van der Waals surface area contributed by atoms with E-state index < -0.39 is 0 Å². The standard InChI is InChI=1S/C14H28N2O/c1-4-15-12-8-9-16(11(2)10-12)13-6-5-7-14(13)17-3/h11-15H,4-10H2,1-3H3. The largest absolute Gasteiger partial charge is 0.380 e. The zero-order valence-corrected chi connectivity index (χ0v) is 11.6. The number of hydrogen-bond acceptors (Lipinski definition) is 3. The number of likely N-dealkylation sites (tertiary alicyclic amines) is 1. The van der Waals surface area contributed by atoms with Crippen LogP contribution in [0.4, 0.5) is 0 Å². The molecule has 17 heavy (non-hydrogen) atoms. The molecule has 4 atom stereocenters. The topological polar surface area (TPSA) is 24.5 Å². The van der Waals surface area contributed by atoms with E-state index >= 15 is 0 Å². The normalized spacial score (nSPS) is 39.7. The molecule has 0 spiro atoms. The summed E-state index contributed by atoms with van der Waals surface area (Å²) in [5.74, 6) is 0. The highest BCUT2D eigenvalue weighted by Gasteiger charge is 2.37. The molecule has 2 fully saturated rings. The van der Waals surface area contributed by atoms with Crippen molar-refractivity contribution in [1.29, 1.82) is 0 Å². The maximum absolute atomic E-state index is 5.64. The van der Waals surface area contributed by atoms with Crippen molar-refractivity contribution in [2.75, 3.05) is 20.2 Å². The lowest BCUT2D eigenvalue weighted by atomic mass is 9.95. The molecule has 1 saturated heterocycles. The van der Waals surface area contributed by atoms with Crippen LogP contribution in [-0.2, 0) is 4.74 Å². The molecule has 4 unspecified atom stereocenters. The van der Waals surface area contributed by atoms with E-state index in [4.69, 9.17) is 4.74 Å². The highest BCUT2D eigenvalue weighted by molar-refractivity contribution is 4.92. The Labute approximate surface area is 106 Å². The molecule has 100 valence electrons. The van der Waals surface area contributed by atoms with Gasteiger partial charge in [0.15, 0.2) is 0 Å². The number of piperidine rings is 1. The Morgan fingerprint density at radius 1 is 1.29 bits per heavy atom. The number of hydrogen-bond donors (Lipinski definition) is 1. The van der Waals surface area contributed by atoms with Gasteiger partial charge in [-0.3, -0.25) is 4.90 Å². The fraction of sp³-hybridized carbons (Fsp3) is 1.00. The van der Waals surface area contributed by atoms with E-state index in [-0.39, 0.29) is 0 Å². The summed E-state index contributed by atoms with van der Waals surface area (Å²) < 4.78 is 5.64. The van der Waals surface area contributed by atoms with Crippen LogP contribution >= 0.6 is 0 Å². The highest BCUT2D eigenvalue weighted by atomic mass is 16.5. The predicted molar refractivity (Wildman–Crippen MR) is 71.3 cm³/mol. The van der Waals surface area contributed by atoms with Crippen molar-refractivity contribution in [2.45, 2.75) is 70.2 Å². The SMILES string of the molecule is CCNC1CCN(C2CCCC2OC)C(C)C1. The summed E-state index contributed by atoms with van der Waals surface area (Å²) in [6.07, 6.45) is 6.98. The van der Waals surface area contributed by atoms with Gasteiger partial charge in [0.05, 0.1) is 6.10 Å². The third-order valence-electron chi connectivity index (χ3n) is 4.57. The van der Waals surface area contributed by atoms with Crippen LogP contribution in [0.2, 0.25) is 0 Å². The molecule has 1 saturated carbocycles. The van der Waals surface area contributed by atoms with E-state index in [1.807, 2.05) is 7.11 Å². The quantitative estimate of drug-likeness (QED) is 0.813. The fourth-order valence-electron chi connectivity index (χ4n) is 3.72. The van der Waals surface area contributed by atoms with E-state index in [9.17, 15) is 0 Å². The molecule has 1 aliphatic heterocycles. The highest BCUT2D eigenvalue weighted by Crippen LogP contribution is 2.31. The first kappa shape index (κ1) is 13.3. The Hall–Kier alpha value is -0.120. The van der Waals surface area contributed by atoms with Crippen molar-refractivity contribution in [1.82, 2.24) is 10.2 Å². The van der Waals surface area contributed by atoms with Crippen LogP contribution in [0.25, 0.3) is 0 Å². The Balaban J connectivity index is 1.90. The van der Waals surface area contributed by atoms with Crippen molar-refractivity contribution in [3.05, 3.63) is 0 Å². The Morgan fingerprint density at radius 2 is 2.12 bits per heavy atom. The average molecular weight is 240 g/mol. The van der Waals surface area contributed by atoms with Crippen LogP contribution in [-0.4, -0.2) is 49.3 Å². The lowest BCUT2D eigenvalue weighted by Gasteiger charge is -2.43. The lowest BCUT2D eigenvalue weighted by molar-refractivity contribution is -0.0000395. The molecule has 0 radical (unpaired) electrons. The summed E-state index contributed by atoms with van der Waals surface area (Å²) >= 11 is 0. The van der Waals surface area contributed by atoms with Gasteiger partial charge in [-0.05, 0) is 45.6 Å². The van der Waals surface area contributed by atoms with Gasteiger partial charge < -0.3 is 10.1 Å². The average Bonchev–Trinajstić information content (AvgIpc) is 2.77. The predicted octanol–water partition coefficient (Wildman–Crippen LogP) is 2.02. The first-order chi connectivity index (χ1) is 8.26. The van der Waals surface area contributed by atoms with Crippen molar-refractivity contribution < 1.29 is 4.74 Å². The van der Waals surface area contributed by atoms with Crippen LogP contribution in [0, 0.1) is 0 Å². The maximum atomic E-state index is 5.64. The van der Waals surface area contributed by atoms with Crippen molar-refractivity contribution in [3.63, 3.8) is 0 Å². The van der Waals surface area contributed by atoms with Crippen LogP contribution in [0.5, 0.6) is 0 Å². The Bertz CT molecular complexity index is 234. The fourth-order valence-corrected chi connectivity index (χ4v) is 3.72. The van der Waals surface area contributed by atoms with Crippen LogP contribution in [0.15, 0.2) is 0 Å². The summed E-state index contributed by atoms with van der Waals surface area (Å²) in [5, 5.41) is 3.59. The first-order valence-electron chi connectivity index (χ1n) is 7.28. The van der Waals surface area contributed by atoms with Gasteiger partial charge in [-0.2, -0.15) is 0 Å². The van der Waals surface area contributed by atoms with Gasteiger partial charge in [-0.15, -0.1) is 0 Å². The molecule has 2 rings (SSSR count). The molecule has 0 aromatic heterocycles. The molecule has 1 N–H and O–H groups in total. The molecule has 0 bridgehead atoms. The van der Waals surface area contributed by atoms with Gasteiger partial charge in [-0.1, -0.05) is 6.92 Å². The summed E-state index contributed by atoms with van der Waals surface area (Å²) in [7, 11) is 1.87. The summed E-state index contributed by atoms with van der Waals surface area (Å²) in [6, 6.07) is 2.11. The summed E-state index contributed by atoms with van der Waals surface area (Å²) in [4.78, 5) is 2.70. The van der Waals surface area contributed by atoms with E-state index in [1.165, 1.54) is 38.6 Å². The second-order valence-electron chi connectivity index (χ2n) is 5.64. The van der Waals surface area contributed by atoms with E-state index in [0.29, 0.717) is 18.2 Å². The smallest absolute Gasteiger partial charge is 0.0726 e. The minimum absolute atomic E-state index is 0.480. The van der Waals surface area contributed by atoms with E-state index in [0.717, 1.165) is 12.6 Å². The van der Waals surface area contributed by atoms with Crippen LogP contribution in [0.3, 0.4) is 0 Å². The van der Waals surface area contributed by atoms with E-state index in [1.54, 1.807) is 0 Å². The molecule has 1 heterocycles. The number of rotatable bonds is 4. The second-order valence-corrected chi connectivity index (χ2v) is 5.64. The molecule has 3 nitrogen and oxygen atoms in total.